The second-order valence-electron chi connectivity index (χ2n) is 15.1. The van der Waals surface area contributed by atoms with Gasteiger partial charge in [-0.2, -0.15) is 13.2 Å². The number of benzene rings is 2. The Bertz CT molecular complexity index is 2430. The molecule has 0 amide bonds. The van der Waals surface area contributed by atoms with Crippen LogP contribution in [0.3, 0.4) is 0 Å². The summed E-state index contributed by atoms with van der Waals surface area (Å²) in [6, 6.07) is 6.26. The van der Waals surface area contributed by atoms with Crippen molar-refractivity contribution in [3.8, 4) is 21.8 Å². The summed E-state index contributed by atoms with van der Waals surface area (Å²) in [5, 5.41) is 3.67. The zero-order valence-corrected chi connectivity index (χ0v) is 31.4. The number of aromatic nitrogens is 3. The summed E-state index contributed by atoms with van der Waals surface area (Å²) in [6.07, 6.45) is -2.66. The minimum atomic E-state index is -5.33. The lowest BCUT2D eigenvalue weighted by Gasteiger charge is -2.49. The Morgan fingerprint density at radius 2 is 1.59 bits per heavy atom. The normalized spacial score (nSPS) is 26.8. The lowest BCUT2D eigenvalue weighted by molar-refractivity contribution is -0.140. The number of hydrogen-bond acceptors (Lipinski definition) is 11. The van der Waals surface area contributed by atoms with E-state index < -0.39 is 59.7 Å². The minimum Gasteiger partial charge on any atom is -0.351 e. The number of fused-ring (bicyclic) bond motifs is 3. The summed E-state index contributed by atoms with van der Waals surface area (Å²) < 4.78 is 153. The SMILES string of the molecule is O=S1(=O)C[C@@H]2[C@H](C1)[C@H]2Nc1nccc(-c2sc(N3C4CCC3CN(C3CC(F)(F)C3)C4)nc2-c2cccc(NS(=O)(=O)c3c(F)cccc3C(F)(F)F)c2F)n1. The maximum atomic E-state index is 16.6. The maximum Gasteiger partial charge on any atom is 0.417 e. The van der Waals surface area contributed by atoms with Crippen LogP contribution in [0.15, 0.2) is 53.6 Å². The minimum absolute atomic E-state index is 0.0323. The van der Waals surface area contributed by atoms with Crippen LogP contribution in [0.5, 0.6) is 0 Å². The lowest BCUT2D eigenvalue weighted by Crippen LogP contribution is -2.61. The molecule has 2 aromatic heterocycles. The van der Waals surface area contributed by atoms with Crippen molar-refractivity contribution >= 4 is 48.0 Å². The van der Waals surface area contributed by atoms with Gasteiger partial charge in [0.2, 0.25) is 5.95 Å². The van der Waals surface area contributed by atoms with Crippen LogP contribution in [0, 0.1) is 23.5 Å². The van der Waals surface area contributed by atoms with Gasteiger partial charge in [-0.05, 0) is 55.0 Å². The third kappa shape index (κ3) is 6.66. The number of alkyl halides is 5. The highest BCUT2D eigenvalue weighted by Gasteiger charge is 2.59. The Kier molecular flexibility index (Phi) is 8.68. The zero-order valence-electron chi connectivity index (χ0n) is 29.0. The second-order valence-corrected chi connectivity index (χ2v) is 19.8. The number of rotatable bonds is 9. The molecule has 3 saturated heterocycles. The van der Waals surface area contributed by atoms with Crippen molar-refractivity contribution in [2.45, 2.75) is 66.8 Å². The van der Waals surface area contributed by atoms with Crippen LogP contribution < -0.4 is 14.9 Å². The number of thiazole rings is 1. The molecule has 4 aromatic rings. The first-order valence-electron chi connectivity index (χ1n) is 17.8. The Morgan fingerprint density at radius 3 is 2.25 bits per heavy atom. The summed E-state index contributed by atoms with van der Waals surface area (Å²) >= 11 is 1.18. The molecule has 0 spiro atoms. The van der Waals surface area contributed by atoms with E-state index in [1.165, 1.54) is 29.7 Å². The third-order valence-corrected chi connectivity index (χ3v) is 15.7. The average Bonchev–Trinajstić information content (AvgIpc) is 3.40. The number of anilines is 3. The van der Waals surface area contributed by atoms with Crippen molar-refractivity contribution in [2.75, 3.05) is 39.5 Å². The molecule has 56 heavy (non-hydrogen) atoms. The second kappa shape index (κ2) is 13.0. The van der Waals surface area contributed by atoms with E-state index in [1.54, 1.807) is 10.8 Å². The van der Waals surface area contributed by atoms with Crippen molar-refractivity contribution in [3.63, 3.8) is 0 Å². The highest BCUT2D eigenvalue weighted by molar-refractivity contribution is 7.92. The number of piperazine rings is 1. The van der Waals surface area contributed by atoms with Crippen LogP contribution in [0.25, 0.3) is 21.8 Å². The van der Waals surface area contributed by atoms with Crippen molar-refractivity contribution in [3.05, 3.63) is 65.9 Å². The Hall–Kier alpha value is -4.08. The molecule has 2 N–H and O–H groups in total. The fourth-order valence-corrected chi connectivity index (χ4v) is 13.4. The number of halogens is 7. The Labute approximate surface area is 320 Å². The number of sulfonamides is 1. The summed E-state index contributed by atoms with van der Waals surface area (Å²) in [6.45, 7) is 1.04. The van der Waals surface area contributed by atoms with Crippen LogP contribution in [0.2, 0.25) is 0 Å². The Morgan fingerprint density at radius 1 is 0.911 bits per heavy atom. The van der Waals surface area contributed by atoms with Gasteiger partial charge in [-0.15, -0.1) is 0 Å². The molecule has 5 aliphatic rings. The number of sulfone groups is 1. The van der Waals surface area contributed by atoms with E-state index in [1.807, 2.05) is 0 Å². The third-order valence-electron chi connectivity index (χ3n) is 11.4. The van der Waals surface area contributed by atoms with Gasteiger partial charge < -0.3 is 10.2 Å². The van der Waals surface area contributed by atoms with Gasteiger partial charge in [0.1, 0.15) is 10.7 Å². The van der Waals surface area contributed by atoms with Crippen molar-refractivity contribution in [1.82, 2.24) is 19.9 Å². The van der Waals surface area contributed by atoms with Crippen LogP contribution in [0.4, 0.5) is 47.5 Å². The van der Waals surface area contributed by atoms with Crippen LogP contribution >= 0.6 is 11.3 Å². The van der Waals surface area contributed by atoms with E-state index in [4.69, 9.17) is 4.98 Å². The highest BCUT2D eigenvalue weighted by atomic mass is 32.2. The molecule has 2 aliphatic carbocycles. The van der Waals surface area contributed by atoms with E-state index in [0.717, 1.165) is 18.9 Å². The lowest BCUT2D eigenvalue weighted by atomic mass is 9.86. The van der Waals surface area contributed by atoms with E-state index >= 15 is 4.39 Å². The molecule has 21 heteroatoms. The molecule has 298 valence electrons. The Balaban J connectivity index is 1.08. The van der Waals surface area contributed by atoms with Gasteiger partial charge in [0.15, 0.2) is 20.8 Å². The molecular formula is C35H32F7N7O4S3. The first kappa shape index (κ1) is 37.5. The first-order chi connectivity index (χ1) is 26.4. The van der Waals surface area contributed by atoms with E-state index in [2.05, 4.69) is 25.1 Å². The van der Waals surface area contributed by atoms with Gasteiger partial charge in [0.05, 0.1) is 39.0 Å². The van der Waals surface area contributed by atoms with E-state index in [0.29, 0.717) is 47.0 Å². The van der Waals surface area contributed by atoms with E-state index in [-0.39, 0.29) is 77.6 Å². The van der Waals surface area contributed by atoms with Gasteiger partial charge in [0, 0.05) is 61.9 Å². The summed E-state index contributed by atoms with van der Waals surface area (Å²) in [7, 11) is -8.43. The number of nitrogens with one attached hydrogen (secondary N) is 2. The highest BCUT2D eigenvalue weighted by Crippen LogP contribution is 2.50. The van der Waals surface area contributed by atoms with Gasteiger partial charge >= 0.3 is 6.18 Å². The van der Waals surface area contributed by atoms with Crippen molar-refractivity contribution in [1.29, 1.82) is 0 Å². The molecule has 2 bridgehead atoms. The molecule has 9 rings (SSSR count). The molecule has 5 fully saturated rings. The fraction of sp³-hybridized carbons (Fsp3) is 0.457. The topological polar surface area (TPSA) is 137 Å². The fourth-order valence-electron chi connectivity index (χ4n) is 8.68. The predicted molar refractivity (Wildman–Crippen MR) is 193 cm³/mol. The number of nitrogens with zero attached hydrogens (tertiary/aromatic N) is 5. The average molecular weight is 844 g/mol. The van der Waals surface area contributed by atoms with Gasteiger partial charge in [-0.25, -0.2) is 49.3 Å². The summed E-state index contributed by atoms with van der Waals surface area (Å²) in [5.74, 6) is -5.39. The summed E-state index contributed by atoms with van der Waals surface area (Å²) in [4.78, 5) is 16.7. The summed E-state index contributed by atoms with van der Waals surface area (Å²) in [5.41, 5.74) is -2.42. The first-order valence-corrected chi connectivity index (χ1v) is 21.9. The molecule has 5 atom stereocenters. The largest absolute Gasteiger partial charge is 0.417 e. The molecular weight excluding hydrogens is 812 g/mol. The van der Waals surface area contributed by atoms with E-state index in [9.17, 15) is 43.2 Å². The van der Waals surface area contributed by atoms with Crippen LogP contribution in [0.1, 0.15) is 31.2 Å². The smallest absolute Gasteiger partial charge is 0.351 e. The molecule has 2 saturated carbocycles. The number of likely N-dealkylation sites (tertiary alicyclic amines) is 1. The van der Waals surface area contributed by atoms with Gasteiger partial charge in [-0.3, -0.25) is 9.62 Å². The van der Waals surface area contributed by atoms with Crippen molar-refractivity contribution < 1.29 is 47.6 Å². The molecule has 3 aliphatic heterocycles. The molecule has 2 unspecified atom stereocenters. The van der Waals surface area contributed by atoms with Crippen LogP contribution in [-0.4, -0.2) is 91.4 Å². The molecule has 5 heterocycles. The van der Waals surface area contributed by atoms with Gasteiger partial charge in [0.25, 0.3) is 15.9 Å². The van der Waals surface area contributed by atoms with Crippen molar-refractivity contribution in [2.24, 2.45) is 11.8 Å². The van der Waals surface area contributed by atoms with Gasteiger partial charge in [-0.1, -0.05) is 23.5 Å². The quantitative estimate of drug-likeness (QED) is 0.186. The standard InChI is InChI=1S/C35H32F7N7O4S3/c36-24-5-2-4-23(35(40,41)42)31(24)56(52,53)47-25-6-1-3-20(27(25)37)29-30(26-9-10-43-32(44-26)45-28-21-15-55(50,51)16-22(21)28)54-33(46-29)49-17-7-8-18(49)14-48(13-17)19-11-34(38,39)12-19/h1-6,9-10,17-19,21-22,28,47H,7-8,11-16H2,(H,43,44,45)/t17?,18?,21-,22+,28+. The maximum absolute atomic E-state index is 16.6. The predicted octanol–water partition coefficient (Wildman–Crippen LogP) is 6.27. The van der Waals surface area contributed by atoms with Crippen LogP contribution in [-0.2, 0) is 26.0 Å². The molecule has 2 aromatic carbocycles. The molecule has 0 radical (unpaired) electrons. The molecule has 11 nitrogen and oxygen atoms in total. The number of hydrogen-bond donors (Lipinski definition) is 2. The monoisotopic (exact) mass is 843 g/mol. The zero-order chi connectivity index (χ0) is 39.5.